The van der Waals surface area contributed by atoms with Gasteiger partial charge in [-0.15, -0.1) is 11.3 Å². The highest BCUT2D eigenvalue weighted by molar-refractivity contribution is 7.12. The average molecular weight is 306 g/mol. The molecule has 2 N–H and O–H groups in total. The first-order valence-corrected chi connectivity index (χ1v) is 7.86. The summed E-state index contributed by atoms with van der Waals surface area (Å²) in [6.45, 7) is 5.58. The largest absolute Gasteiger partial charge is 0.344 e. The smallest absolute Gasteiger partial charge is 0.292 e. The minimum absolute atomic E-state index is 0.0849. The molecule has 1 unspecified atom stereocenters. The summed E-state index contributed by atoms with van der Waals surface area (Å²) in [7, 11) is 0. The van der Waals surface area contributed by atoms with E-state index in [2.05, 4.69) is 40.7 Å². The van der Waals surface area contributed by atoms with Gasteiger partial charge in [-0.1, -0.05) is 5.16 Å². The van der Waals surface area contributed by atoms with Gasteiger partial charge in [0, 0.05) is 9.75 Å². The molecule has 0 bridgehead atoms. The molecule has 1 aliphatic heterocycles. The van der Waals surface area contributed by atoms with Gasteiger partial charge in [-0.2, -0.15) is 4.98 Å². The SMILES string of the molecule is Cc1cc(CNC(=O)c2noc(C3CCCN3)n2)sc1C. The van der Waals surface area contributed by atoms with Crippen LogP contribution in [-0.4, -0.2) is 22.6 Å². The molecule has 112 valence electrons. The van der Waals surface area contributed by atoms with Crippen molar-refractivity contribution in [1.82, 2.24) is 20.8 Å². The number of amides is 1. The zero-order chi connectivity index (χ0) is 14.8. The molecule has 0 spiro atoms. The Hall–Kier alpha value is -1.73. The molecule has 0 aromatic carbocycles. The van der Waals surface area contributed by atoms with Crippen LogP contribution in [0.25, 0.3) is 0 Å². The third-order valence-electron chi connectivity index (χ3n) is 3.64. The van der Waals surface area contributed by atoms with Gasteiger partial charge in [-0.3, -0.25) is 4.79 Å². The van der Waals surface area contributed by atoms with Crippen LogP contribution in [0.5, 0.6) is 0 Å². The Morgan fingerprint density at radius 2 is 2.43 bits per heavy atom. The quantitative estimate of drug-likeness (QED) is 0.904. The Kier molecular flexibility index (Phi) is 4.03. The fourth-order valence-corrected chi connectivity index (χ4v) is 3.34. The first-order valence-electron chi connectivity index (χ1n) is 7.04. The minimum atomic E-state index is -0.299. The molecule has 7 heteroatoms. The number of carbonyl (C=O) groups is 1. The molecule has 1 amide bonds. The number of hydrogen-bond acceptors (Lipinski definition) is 6. The number of nitrogens with one attached hydrogen (secondary N) is 2. The Morgan fingerprint density at radius 1 is 1.57 bits per heavy atom. The molecule has 3 heterocycles. The van der Waals surface area contributed by atoms with Gasteiger partial charge in [0.2, 0.25) is 5.89 Å². The number of aryl methyl sites for hydroxylation is 2. The highest BCUT2D eigenvalue weighted by Gasteiger charge is 2.24. The third-order valence-corrected chi connectivity index (χ3v) is 4.80. The zero-order valence-electron chi connectivity index (χ0n) is 12.1. The first kappa shape index (κ1) is 14.2. The number of hydrogen-bond donors (Lipinski definition) is 2. The normalized spacial score (nSPS) is 18.1. The monoisotopic (exact) mass is 306 g/mol. The van der Waals surface area contributed by atoms with Crippen LogP contribution in [0.2, 0.25) is 0 Å². The lowest BCUT2D eigenvalue weighted by molar-refractivity contribution is 0.0938. The lowest BCUT2D eigenvalue weighted by atomic mass is 10.2. The van der Waals surface area contributed by atoms with E-state index < -0.39 is 0 Å². The Balaban J connectivity index is 1.60. The van der Waals surface area contributed by atoms with Crippen LogP contribution in [0.3, 0.4) is 0 Å². The van der Waals surface area contributed by atoms with Gasteiger partial charge >= 0.3 is 0 Å². The average Bonchev–Trinajstić information content (AvgIpc) is 3.17. The maximum absolute atomic E-state index is 12.0. The van der Waals surface area contributed by atoms with Crippen LogP contribution in [0.1, 0.15) is 50.7 Å². The van der Waals surface area contributed by atoms with Crippen molar-refractivity contribution in [3.8, 4) is 0 Å². The predicted molar refractivity (Wildman–Crippen MR) is 79.2 cm³/mol. The Labute approximate surface area is 126 Å². The van der Waals surface area contributed by atoms with E-state index in [4.69, 9.17) is 4.52 Å². The zero-order valence-corrected chi connectivity index (χ0v) is 12.9. The number of rotatable bonds is 4. The second-order valence-electron chi connectivity index (χ2n) is 5.24. The van der Waals surface area contributed by atoms with E-state index in [9.17, 15) is 4.79 Å². The molecule has 0 saturated carbocycles. The standard InChI is InChI=1S/C14H18N4O2S/c1-8-6-10(21-9(8)2)7-16-13(19)12-17-14(20-18-12)11-4-3-5-15-11/h6,11,15H,3-5,7H2,1-2H3,(H,16,19). The maximum atomic E-state index is 12.0. The van der Waals surface area contributed by atoms with Crippen molar-refractivity contribution in [3.63, 3.8) is 0 Å². The van der Waals surface area contributed by atoms with Gasteiger partial charge in [-0.25, -0.2) is 0 Å². The van der Waals surface area contributed by atoms with E-state index in [1.54, 1.807) is 11.3 Å². The fraction of sp³-hybridized carbons (Fsp3) is 0.500. The van der Waals surface area contributed by atoms with Crippen molar-refractivity contribution in [2.75, 3.05) is 6.54 Å². The second kappa shape index (κ2) is 5.95. The summed E-state index contributed by atoms with van der Waals surface area (Å²) in [5.74, 6) is 0.302. The summed E-state index contributed by atoms with van der Waals surface area (Å²) in [4.78, 5) is 18.6. The molecule has 1 saturated heterocycles. The molecule has 3 rings (SSSR count). The lowest BCUT2D eigenvalue weighted by Gasteiger charge is -2.01. The molecule has 2 aromatic rings. The predicted octanol–water partition coefficient (Wildman–Crippen LogP) is 2.10. The summed E-state index contributed by atoms with van der Waals surface area (Å²) in [6.07, 6.45) is 2.06. The minimum Gasteiger partial charge on any atom is -0.344 e. The van der Waals surface area contributed by atoms with Gasteiger partial charge in [0.15, 0.2) is 0 Å². The number of aromatic nitrogens is 2. The number of carbonyl (C=O) groups excluding carboxylic acids is 1. The molecule has 1 aliphatic rings. The molecule has 21 heavy (non-hydrogen) atoms. The fourth-order valence-electron chi connectivity index (χ4n) is 2.35. The topological polar surface area (TPSA) is 80.0 Å². The molecule has 6 nitrogen and oxygen atoms in total. The van der Waals surface area contributed by atoms with Gasteiger partial charge in [0.1, 0.15) is 0 Å². The van der Waals surface area contributed by atoms with Crippen LogP contribution < -0.4 is 10.6 Å². The van der Waals surface area contributed by atoms with E-state index >= 15 is 0 Å². The highest BCUT2D eigenvalue weighted by atomic mass is 32.1. The van der Waals surface area contributed by atoms with Crippen LogP contribution in [-0.2, 0) is 6.54 Å². The molecular weight excluding hydrogens is 288 g/mol. The summed E-state index contributed by atoms with van der Waals surface area (Å²) >= 11 is 1.69. The molecule has 2 aromatic heterocycles. The Morgan fingerprint density at radius 3 is 3.10 bits per heavy atom. The van der Waals surface area contributed by atoms with E-state index in [1.807, 2.05) is 0 Å². The van der Waals surface area contributed by atoms with Crippen molar-refractivity contribution < 1.29 is 9.32 Å². The lowest BCUT2D eigenvalue weighted by Crippen LogP contribution is -2.23. The first-order chi connectivity index (χ1) is 10.1. The van der Waals surface area contributed by atoms with E-state index in [0.717, 1.165) is 24.3 Å². The number of thiophene rings is 1. The molecule has 1 fully saturated rings. The second-order valence-corrected chi connectivity index (χ2v) is 6.58. The van der Waals surface area contributed by atoms with Crippen molar-refractivity contribution >= 4 is 17.2 Å². The molecular formula is C14H18N4O2S. The van der Waals surface area contributed by atoms with Gasteiger partial charge in [-0.05, 0) is 44.9 Å². The van der Waals surface area contributed by atoms with E-state index in [0.29, 0.717) is 12.4 Å². The summed E-state index contributed by atoms with van der Waals surface area (Å²) in [5.41, 5.74) is 1.25. The number of nitrogens with zero attached hydrogens (tertiary/aromatic N) is 2. The van der Waals surface area contributed by atoms with Crippen LogP contribution in [0.15, 0.2) is 10.6 Å². The summed E-state index contributed by atoms with van der Waals surface area (Å²) in [6, 6.07) is 2.17. The van der Waals surface area contributed by atoms with Crippen molar-refractivity contribution in [2.45, 2.75) is 39.3 Å². The van der Waals surface area contributed by atoms with Crippen LogP contribution in [0.4, 0.5) is 0 Å². The molecule has 1 atom stereocenters. The van der Waals surface area contributed by atoms with Crippen molar-refractivity contribution in [3.05, 3.63) is 33.1 Å². The van der Waals surface area contributed by atoms with Gasteiger partial charge < -0.3 is 15.2 Å². The van der Waals surface area contributed by atoms with Crippen LogP contribution in [0, 0.1) is 13.8 Å². The van der Waals surface area contributed by atoms with E-state index in [1.165, 1.54) is 10.4 Å². The highest BCUT2D eigenvalue weighted by Crippen LogP contribution is 2.22. The van der Waals surface area contributed by atoms with Crippen molar-refractivity contribution in [1.29, 1.82) is 0 Å². The Bertz CT molecular complexity index is 624. The third kappa shape index (κ3) is 3.14. The van der Waals surface area contributed by atoms with Crippen molar-refractivity contribution in [2.24, 2.45) is 0 Å². The van der Waals surface area contributed by atoms with Crippen LogP contribution >= 0.6 is 11.3 Å². The summed E-state index contributed by atoms with van der Waals surface area (Å²) < 4.78 is 5.16. The van der Waals surface area contributed by atoms with Gasteiger partial charge in [0.25, 0.3) is 11.7 Å². The summed E-state index contributed by atoms with van der Waals surface area (Å²) in [5, 5.41) is 9.85. The van der Waals surface area contributed by atoms with Gasteiger partial charge in [0.05, 0.1) is 12.6 Å². The maximum Gasteiger partial charge on any atom is 0.292 e. The molecule has 0 radical (unpaired) electrons. The molecule has 0 aliphatic carbocycles. The van der Waals surface area contributed by atoms with E-state index in [-0.39, 0.29) is 17.8 Å².